The van der Waals surface area contributed by atoms with E-state index in [4.69, 9.17) is 5.73 Å². The van der Waals surface area contributed by atoms with Crippen molar-refractivity contribution in [3.63, 3.8) is 0 Å². The van der Waals surface area contributed by atoms with E-state index >= 15 is 0 Å². The first kappa shape index (κ1) is 11.6. The zero-order chi connectivity index (χ0) is 12.7. The normalized spacial score (nSPS) is 27.0. The van der Waals surface area contributed by atoms with Crippen LogP contribution in [0.1, 0.15) is 32.1 Å². The Morgan fingerprint density at radius 1 is 1.17 bits per heavy atom. The molecular weight excluding hydrogens is 230 g/mol. The number of imide groups is 1. The molecule has 98 valence electrons. The number of nitrogens with zero attached hydrogens (tertiary/aromatic N) is 2. The number of likely N-dealkylation sites (tertiary alicyclic amines) is 2. The minimum Gasteiger partial charge on any atom is -0.385 e. The molecule has 0 spiro atoms. The highest BCUT2D eigenvalue weighted by Gasteiger charge is 2.40. The highest BCUT2D eigenvalue weighted by molar-refractivity contribution is 6.07. The maximum atomic E-state index is 12.2. The lowest BCUT2D eigenvalue weighted by molar-refractivity contribution is -0.141. The van der Waals surface area contributed by atoms with Gasteiger partial charge in [0.15, 0.2) is 0 Å². The SMILES string of the molecule is N/C(=C1/CCN(C(=O)C2CC2)C1=O)N1CCCC1. The zero-order valence-electron chi connectivity index (χ0n) is 10.5. The van der Waals surface area contributed by atoms with E-state index in [2.05, 4.69) is 4.90 Å². The van der Waals surface area contributed by atoms with E-state index in [1.54, 1.807) is 0 Å². The molecule has 0 aromatic rings. The molecule has 5 heteroatoms. The second-order valence-corrected chi connectivity index (χ2v) is 5.38. The van der Waals surface area contributed by atoms with Gasteiger partial charge in [0.05, 0.1) is 5.57 Å². The molecule has 0 aromatic carbocycles. The van der Waals surface area contributed by atoms with Gasteiger partial charge in [-0.25, -0.2) is 0 Å². The number of hydrogen-bond acceptors (Lipinski definition) is 4. The van der Waals surface area contributed by atoms with Crippen LogP contribution < -0.4 is 5.73 Å². The molecule has 2 N–H and O–H groups in total. The highest BCUT2D eigenvalue weighted by Crippen LogP contribution is 2.33. The topological polar surface area (TPSA) is 66.6 Å². The van der Waals surface area contributed by atoms with Gasteiger partial charge < -0.3 is 10.6 Å². The van der Waals surface area contributed by atoms with Crippen LogP contribution in [0.25, 0.3) is 0 Å². The summed E-state index contributed by atoms with van der Waals surface area (Å²) in [6.45, 7) is 2.37. The molecule has 5 nitrogen and oxygen atoms in total. The summed E-state index contributed by atoms with van der Waals surface area (Å²) in [5, 5.41) is 0. The van der Waals surface area contributed by atoms with Gasteiger partial charge in [0.1, 0.15) is 5.82 Å². The van der Waals surface area contributed by atoms with Gasteiger partial charge in [-0.3, -0.25) is 14.5 Å². The van der Waals surface area contributed by atoms with Crippen molar-refractivity contribution in [2.75, 3.05) is 19.6 Å². The van der Waals surface area contributed by atoms with Crippen LogP contribution in [-0.4, -0.2) is 41.2 Å². The minimum atomic E-state index is -0.156. The summed E-state index contributed by atoms with van der Waals surface area (Å²) >= 11 is 0. The smallest absolute Gasteiger partial charge is 0.260 e. The second kappa shape index (κ2) is 4.30. The summed E-state index contributed by atoms with van der Waals surface area (Å²) in [7, 11) is 0. The molecule has 18 heavy (non-hydrogen) atoms. The Morgan fingerprint density at radius 3 is 2.44 bits per heavy atom. The van der Waals surface area contributed by atoms with E-state index in [9.17, 15) is 9.59 Å². The number of hydrogen-bond donors (Lipinski definition) is 1. The molecule has 2 aliphatic heterocycles. The molecule has 0 unspecified atom stereocenters. The average molecular weight is 249 g/mol. The number of amides is 2. The molecule has 0 aromatic heterocycles. The van der Waals surface area contributed by atoms with Crippen LogP contribution in [-0.2, 0) is 9.59 Å². The lowest BCUT2D eigenvalue weighted by Crippen LogP contribution is -2.35. The van der Waals surface area contributed by atoms with Crippen molar-refractivity contribution in [3.05, 3.63) is 11.4 Å². The van der Waals surface area contributed by atoms with E-state index in [1.165, 1.54) is 4.90 Å². The van der Waals surface area contributed by atoms with Crippen molar-refractivity contribution in [2.45, 2.75) is 32.1 Å². The summed E-state index contributed by atoms with van der Waals surface area (Å²) in [6.07, 6.45) is 4.74. The van der Waals surface area contributed by atoms with Crippen molar-refractivity contribution < 1.29 is 9.59 Å². The van der Waals surface area contributed by atoms with E-state index < -0.39 is 0 Å². The third kappa shape index (κ3) is 1.87. The Bertz CT molecular complexity index is 420. The molecule has 3 rings (SSSR count). The van der Waals surface area contributed by atoms with Gasteiger partial charge in [-0.15, -0.1) is 0 Å². The molecule has 3 fully saturated rings. The number of rotatable bonds is 2. The standard InChI is InChI=1S/C13H19N3O2/c14-11(15-6-1-2-7-15)10-5-8-16(13(10)18)12(17)9-3-4-9/h9H,1-8,14H2/b11-10+. The predicted octanol–water partition coefficient (Wildman–Crippen LogP) is 0.421. The highest BCUT2D eigenvalue weighted by atomic mass is 16.2. The maximum Gasteiger partial charge on any atom is 0.260 e. The van der Waals surface area contributed by atoms with Crippen molar-refractivity contribution in [2.24, 2.45) is 11.7 Å². The van der Waals surface area contributed by atoms with Crippen molar-refractivity contribution in [3.8, 4) is 0 Å². The average Bonchev–Trinajstić information content (AvgIpc) is 2.93. The first-order valence-electron chi connectivity index (χ1n) is 6.78. The summed E-state index contributed by atoms with van der Waals surface area (Å²) < 4.78 is 0. The number of nitrogens with two attached hydrogens (primary N) is 1. The van der Waals surface area contributed by atoms with Crippen LogP contribution in [0.15, 0.2) is 11.4 Å². The Balaban J connectivity index is 1.76. The first-order valence-corrected chi connectivity index (χ1v) is 6.78. The second-order valence-electron chi connectivity index (χ2n) is 5.38. The lowest BCUT2D eigenvalue weighted by Gasteiger charge is -2.19. The minimum absolute atomic E-state index is 0.00391. The third-order valence-electron chi connectivity index (χ3n) is 4.04. The fourth-order valence-electron chi connectivity index (χ4n) is 2.74. The molecule has 0 radical (unpaired) electrons. The third-order valence-corrected chi connectivity index (χ3v) is 4.04. The Labute approximate surface area is 107 Å². The van der Waals surface area contributed by atoms with E-state index in [0.29, 0.717) is 24.4 Å². The summed E-state index contributed by atoms with van der Waals surface area (Å²) in [4.78, 5) is 27.6. The molecule has 2 amide bonds. The van der Waals surface area contributed by atoms with Crippen LogP contribution in [0.4, 0.5) is 0 Å². The molecule has 2 heterocycles. The Kier molecular flexibility index (Phi) is 2.76. The maximum absolute atomic E-state index is 12.2. The summed E-state index contributed by atoms with van der Waals surface area (Å²) in [5.41, 5.74) is 6.72. The fourth-order valence-corrected chi connectivity index (χ4v) is 2.74. The van der Waals surface area contributed by atoms with E-state index in [1.807, 2.05) is 0 Å². The van der Waals surface area contributed by atoms with E-state index in [0.717, 1.165) is 38.8 Å². The number of carbonyl (C=O) groups is 2. The van der Waals surface area contributed by atoms with Crippen LogP contribution in [0.3, 0.4) is 0 Å². The Hall–Kier alpha value is -1.52. The number of carbonyl (C=O) groups excluding carboxylic acids is 2. The fraction of sp³-hybridized carbons (Fsp3) is 0.692. The van der Waals surface area contributed by atoms with Crippen molar-refractivity contribution in [1.82, 2.24) is 9.80 Å². The van der Waals surface area contributed by atoms with E-state index in [-0.39, 0.29) is 17.7 Å². The Morgan fingerprint density at radius 2 is 1.83 bits per heavy atom. The molecule has 3 aliphatic rings. The van der Waals surface area contributed by atoms with Crippen molar-refractivity contribution >= 4 is 11.8 Å². The van der Waals surface area contributed by atoms with Gasteiger partial charge >= 0.3 is 0 Å². The predicted molar refractivity (Wildman–Crippen MR) is 66.1 cm³/mol. The summed E-state index contributed by atoms with van der Waals surface area (Å²) in [5.74, 6) is 0.547. The van der Waals surface area contributed by atoms with Crippen molar-refractivity contribution in [1.29, 1.82) is 0 Å². The molecular formula is C13H19N3O2. The van der Waals surface area contributed by atoms with Gasteiger partial charge in [-0.2, -0.15) is 0 Å². The van der Waals surface area contributed by atoms with Gasteiger partial charge in [-0.1, -0.05) is 0 Å². The molecule has 2 saturated heterocycles. The molecule has 0 atom stereocenters. The van der Waals surface area contributed by atoms with Crippen LogP contribution in [0.2, 0.25) is 0 Å². The molecule has 1 aliphatic carbocycles. The van der Waals surface area contributed by atoms with Crippen LogP contribution in [0.5, 0.6) is 0 Å². The van der Waals surface area contributed by atoms with Gasteiger partial charge in [0.2, 0.25) is 5.91 Å². The monoisotopic (exact) mass is 249 g/mol. The van der Waals surface area contributed by atoms with Crippen LogP contribution >= 0.6 is 0 Å². The molecule has 0 bridgehead atoms. The van der Waals surface area contributed by atoms with Gasteiger partial charge in [0, 0.05) is 25.6 Å². The lowest BCUT2D eigenvalue weighted by atomic mass is 10.2. The molecule has 1 saturated carbocycles. The first-order chi connectivity index (χ1) is 8.68. The van der Waals surface area contributed by atoms with Crippen LogP contribution in [0, 0.1) is 5.92 Å². The quantitative estimate of drug-likeness (QED) is 0.569. The zero-order valence-corrected chi connectivity index (χ0v) is 10.5. The summed E-state index contributed by atoms with van der Waals surface area (Å²) in [6, 6.07) is 0. The largest absolute Gasteiger partial charge is 0.385 e. The van der Waals surface area contributed by atoms with Gasteiger partial charge in [-0.05, 0) is 32.1 Å². The van der Waals surface area contributed by atoms with Gasteiger partial charge in [0.25, 0.3) is 5.91 Å².